The highest BCUT2D eigenvalue weighted by Crippen LogP contribution is 2.13. The molecule has 110 valence electrons. The monoisotopic (exact) mass is 306 g/mol. The van der Waals surface area contributed by atoms with E-state index in [0.717, 1.165) is 6.92 Å². The molecule has 2 aromatic carbocycles. The van der Waals surface area contributed by atoms with Crippen molar-refractivity contribution in [2.45, 2.75) is 6.92 Å². The summed E-state index contributed by atoms with van der Waals surface area (Å²) in [6, 6.07) is 0.315. The molecule has 0 aromatic heterocycles. The molecule has 2 rings (SSSR count). The molecule has 0 aliphatic rings. The Labute approximate surface area is 115 Å². The summed E-state index contributed by atoms with van der Waals surface area (Å²) in [4.78, 5) is 0. The first-order valence-electron chi connectivity index (χ1n) is 5.68. The third kappa shape index (κ3) is 2.62. The lowest BCUT2D eigenvalue weighted by atomic mass is 9.62. The molecule has 0 N–H and O–H groups in total. The van der Waals surface area contributed by atoms with Gasteiger partial charge in [0.1, 0.15) is 17.5 Å². The summed E-state index contributed by atoms with van der Waals surface area (Å²) in [6.07, 6.45) is 0. The molecule has 0 spiro atoms. The number of hydrogen-bond donors (Lipinski definition) is 0. The Bertz CT molecular complexity index is 701. The van der Waals surface area contributed by atoms with Gasteiger partial charge in [0.15, 0.2) is 23.3 Å². The standard InChI is InChI=1S/C13H6BF7/c1-4-5(15)2-6(16)9(11(4)19)14-10-12(20)7(17)3-8(18)13(10)21/h2-3,14H,1H3. The van der Waals surface area contributed by atoms with Gasteiger partial charge < -0.3 is 0 Å². The Morgan fingerprint density at radius 1 is 0.619 bits per heavy atom. The van der Waals surface area contributed by atoms with Crippen LogP contribution in [-0.2, 0) is 0 Å². The Hall–Kier alpha value is -1.99. The van der Waals surface area contributed by atoms with Gasteiger partial charge in [-0.15, -0.1) is 0 Å². The first-order valence-corrected chi connectivity index (χ1v) is 5.68. The SMILES string of the molecule is Cc1c(F)cc(F)c(Bc2c(F)c(F)cc(F)c2F)c1F. The van der Waals surface area contributed by atoms with Gasteiger partial charge in [0.25, 0.3) is 0 Å². The highest BCUT2D eigenvalue weighted by atomic mass is 19.2. The second-order valence-electron chi connectivity index (χ2n) is 4.38. The molecule has 0 aliphatic carbocycles. The van der Waals surface area contributed by atoms with Crippen molar-refractivity contribution >= 4 is 18.2 Å². The van der Waals surface area contributed by atoms with Gasteiger partial charge in [-0.2, -0.15) is 0 Å². The van der Waals surface area contributed by atoms with E-state index in [1.165, 1.54) is 0 Å². The second kappa shape index (κ2) is 5.42. The number of hydrogen-bond acceptors (Lipinski definition) is 0. The lowest BCUT2D eigenvalue weighted by Crippen LogP contribution is -2.38. The van der Waals surface area contributed by atoms with Crippen LogP contribution in [0.2, 0.25) is 0 Å². The number of benzene rings is 2. The summed E-state index contributed by atoms with van der Waals surface area (Å²) in [6.45, 7) is 0.993. The van der Waals surface area contributed by atoms with E-state index in [1.54, 1.807) is 0 Å². The first kappa shape index (κ1) is 15.4. The molecule has 0 saturated heterocycles. The van der Waals surface area contributed by atoms with Crippen LogP contribution >= 0.6 is 0 Å². The predicted molar refractivity (Wildman–Crippen MR) is 63.7 cm³/mol. The van der Waals surface area contributed by atoms with Crippen molar-refractivity contribution in [3.8, 4) is 0 Å². The van der Waals surface area contributed by atoms with E-state index in [0.29, 0.717) is 6.07 Å². The van der Waals surface area contributed by atoms with E-state index in [2.05, 4.69) is 0 Å². The van der Waals surface area contributed by atoms with Crippen LogP contribution in [0.15, 0.2) is 12.1 Å². The molecule has 0 heterocycles. The van der Waals surface area contributed by atoms with Crippen LogP contribution < -0.4 is 10.9 Å². The molecule has 0 radical (unpaired) electrons. The molecule has 0 unspecified atom stereocenters. The molecule has 0 bridgehead atoms. The minimum Gasteiger partial charge on any atom is -0.207 e. The van der Waals surface area contributed by atoms with Gasteiger partial charge in [-0.1, -0.05) is 0 Å². The predicted octanol–water partition coefficient (Wildman–Crippen LogP) is 2.36. The molecule has 0 fully saturated rings. The van der Waals surface area contributed by atoms with Crippen molar-refractivity contribution in [3.05, 3.63) is 58.4 Å². The van der Waals surface area contributed by atoms with Crippen LogP contribution in [0.5, 0.6) is 0 Å². The summed E-state index contributed by atoms with van der Waals surface area (Å²) in [5, 5.41) is 0. The number of halogens is 7. The second-order valence-corrected chi connectivity index (χ2v) is 4.38. The topological polar surface area (TPSA) is 0 Å². The van der Waals surface area contributed by atoms with Crippen LogP contribution in [0, 0.1) is 47.6 Å². The van der Waals surface area contributed by atoms with Gasteiger partial charge in [-0.05, 0) is 17.8 Å². The van der Waals surface area contributed by atoms with Crippen molar-refractivity contribution in [1.29, 1.82) is 0 Å². The van der Waals surface area contributed by atoms with Crippen molar-refractivity contribution in [1.82, 2.24) is 0 Å². The van der Waals surface area contributed by atoms with Crippen molar-refractivity contribution < 1.29 is 30.7 Å². The molecule has 0 aliphatic heterocycles. The Morgan fingerprint density at radius 3 is 1.62 bits per heavy atom. The van der Waals surface area contributed by atoms with E-state index in [1.807, 2.05) is 0 Å². The Balaban J connectivity index is 2.62. The minimum atomic E-state index is -1.75. The zero-order valence-corrected chi connectivity index (χ0v) is 10.5. The van der Waals surface area contributed by atoms with Gasteiger partial charge in [0.05, 0.1) is 0 Å². The normalized spacial score (nSPS) is 10.9. The van der Waals surface area contributed by atoms with E-state index in [-0.39, 0.29) is 6.07 Å². The maximum absolute atomic E-state index is 13.8. The Kier molecular flexibility index (Phi) is 3.98. The van der Waals surface area contributed by atoms with E-state index < -0.39 is 64.5 Å². The highest BCUT2D eigenvalue weighted by molar-refractivity contribution is 6.67. The molecule has 0 amide bonds. The van der Waals surface area contributed by atoms with Crippen molar-refractivity contribution in [3.63, 3.8) is 0 Å². The zero-order valence-electron chi connectivity index (χ0n) is 10.5. The third-order valence-electron chi connectivity index (χ3n) is 3.05. The summed E-state index contributed by atoms with van der Waals surface area (Å²) >= 11 is 0. The number of rotatable bonds is 2. The molecule has 2 aromatic rings. The van der Waals surface area contributed by atoms with E-state index >= 15 is 0 Å². The zero-order chi connectivity index (χ0) is 15.9. The molecule has 8 heteroatoms. The third-order valence-corrected chi connectivity index (χ3v) is 3.05. The smallest absolute Gasteiger partial charge is 0.207 e. The van der Waals surface area contributed by atoms with E-state index in [9.17, 15) is 30.7 Å². The van der Waals surface area contributed by atoms with Gasteiger partial charge >= 0.3 is 0 Å². The fourth-order valence-electron chi connectivity index (χ4n) is 1.86. The summed E-state index contributed by atoms with van der Waals surface area (Å²) in [5.41, 5.74) is -2.61. The maximum atomic E-state index is 13.8. The van der Waals surface area contributed by atoms with Crippen LogP contribution in [-0.4, -0.2) is 7.28 Å². The maximum Gasteiger partial charge on any atom is 0.208 e. The summed E-state index contributed by atoms with van der Waals surface area (Å²) in [5.74, 6) is -10.8. The lowest BCUT2D eigenvalue weighted by molar-refractivity contribution is 0.463. The average Bonchev–Trinajstić information content (AvgIpc) is 2.42. The van der Waals surface area contributed by atoms with Crippen LogP contribution in [0.4, 0.5) is 30.7 Å². The van der Waals surface area contributed by atoms with Crippen LogP contribution in [0.3, 0.4) is 0 Å². The van der Waals surface area contributed by atoms with Crippen LogP contribution in [0.1, 0.15) is 5.56 Å². The van der Waals surface area contributed by atoms with Gasteiger partial charge in [0, 0.05) is 17.7 Å². The molecule has 0 nitrogen and oxygen atoms in total. The lowest BCUT2D eigenvalue weighted by Gasteiger charge is -2.10. The fourth-order valence-corrected chi connectivity index (χ4v) is 1.86. The summed E-state index contributed by atoms with van der Waals surface area (Å²) in [7, 11) is -1.09. The summed E-state index contributed by atoms with van der Waals surface area (Å²) < 4.78 is 93.4. The molecule has 21 heavy (non-hydrogen) atoms. The molecule has 0 saturated carbocycles. The molecular formula is C13H6BF7. The first-order chi connectivity index (χ1) is 9.73. The largest absolute Gasteiger partial charge is 0.208 e. The quantitative estimate of drug-likeness (QED) is 0.454. The molecule has 0 atom stereocenters. The van der Waals surface area contributed by atoms with Gasteiger partial charge in [0.2, 0.25) is 7.28 Å². The minimum absolute atomic E-state index is 0.0171. The Morgan fingerprint density at radius 2 is 1.10 bits per heavy atom. The fraction of sp³-hybridized carbons (Fsp3) is 0.0769. The average molecular weight is 306 g/mol. The van der Waals surface area contributed by atoms with Crippen molar-refractivity contribution in [2.24, 2.45) is 0 Å². The highest BCUT2D eigenvalue weighted by Gasteiger charge is 2.24. The van der Waals surface area contributed by atoms with E-state index in [4.69, 9.17) is 0 Å². The van der Waals surface area contributed by atoms with Gasteiger partial charge in [-0.25, -0.2) is 30.7 Å². The van der Waals surface area contributed by atoms with Crippen LogP contribution in [0.25, 0.3) is 0 Å². The van der Waals surface area contributed by atoms with Gasteiger partial charge in [-0.3, -0.25) is 0 Å². The van der Waals surface area contributed by atoms with Crippen molar-refractivity contribution in [2.75, 3.05) is 0 Å². The molecular weight excluding hydrogens is 300 g/mol.